The van der Waals surface area contributed by atoms with E-state index in [9.17, 15) is 9.59 Å². The van der Waals surface area contributed by atoms with E-state index in [0.29, 0.717) is 0 Å². The van der Waals surface area contributed by atoms with Gasteiger partial charge in [0.25, 0.3) is 5.56 Å². The number of rotatable bonds is 3. The standard InChI is InChI=1S/C24H20N4O2/c1-14(15-6-4-3-5-7-15)18-10-17-11-19-21(12-20(17)25-24(18)30)26-27-23(19)16-8-9-22(29)28(2)13-16/h3-14H,1-2H3,(H,25,30)(H,26,27). The second-order valence-electron chi connectivity index (χ2n) is 7.61. The Morgan fingerprint density at radius 1 is 0.967 bits per heavy atom. The summed E-state index contributed by atoms with van der Waals surface area (Å²) in [6.45, 7) is 2.04. The molecule has 0 aliphatic carbocycles. The molecular weight excluding hydrogens is 376 g/mol. The highest BCUT2D eigenvalue weighted by Gasteiger charge is 2.15. The molecule has 30 heavy (non-hydrogen) atoms. The topological polar surface area (TPSA) is 83.5 Å². The molecule has 3 heterocycles. The molecule has 6 nitrogen and oxygen atoms in total. The summed E-state index contributed by atoms with van der Waals surface area (Å²) < 4.78 is 1.54. The molecule has 1 atom stereocenters. The first-order valence-corrected chi connectivity index (χ1v) is 9.78. The number of hydrogen-bond acceptors (Lipinski definition) is 3. The van der Waals surface area contributed by atoms with Crippen molar-refractivity contribution in [2.75, 3.05) is 0 Å². The number of hydrogen-bond donors (Lipinski definition) is 2. The number of H-pyrrole nitrogens is 2. The van der Waals surface area contributed by atoms with Gasteiger partial charge in [-0.05, 0) is 35.2 Å². The first-order valence-electron chi connectivity index (χ1n) is 9.78. The number of aromatic amines is 2. The van der Waals surface area contributed by atoms with Crippen molar-refractivity contribution < 1.29 is 0 Å². The average molecular weight is 396 g/mol. The van der Waals surface area contributed by atoms with Crippen molar-refractivity contribution in [3.05, 3.63) is 98.7 Å². The molecule has 6 heteroatoms. The summed E-state index contributed by atoms with van der Waals surface area (Å²) in [4.78, 5) is 27.5. The van der Waals surface area contributed by atoms with Crippen LogP contribution in [0.3, 0.4) is 0 Å². The molecule has 2 aromatic carbocycles. The second kappa shape index (κ2) is 6.84. The molecule has 0 saturated heterocycles. The van der Waals surface area contributed by atoms with Gasteiger partial charge < -0.3 is 9.55 Å². The Balaban J connectivity index is 1.69. The summed E-state index contributed by atoms with van der Waals surface area (Å²) in [6, 6.07) is 19.2. The van der Waals surface area contributed by atoms with E-state index in [0.717, 1.165) is 44.2 Å². The van der Waals surface area contributed by atoms with Gasteiger partial charge in [-0.1, -0.05) is 37.3 Å². The third-order valence-electron chi connectivity index (χ3n) is 5.68. The van der Waals surface area contributed by atoms with Gasteiger partial charge in [-0.25, -0.2) is 0 Å². The van der Waals surface area contributed by atoms with E-state index >= 15 is 0 Å². The van der Waals surface area contributed by atoms with Crippen LogP contribution in [-0.4, -0.2) is 19.7 Å². The number of pyridine rings is 2. The van der Waals surface area contributed by atoms with Crippen molar-refractivity contribution in [2.45, 2.75) is 12.8 Å². The lowest BCUT2D eigenvalue weighted by Gasteiger charge is -2.12. The molecule has 5 aromatic rings. The molecule has 1 unspecified atom stereocenters. The van der Waals surface area contributed by atoms with Gasteiger partial charge in [0.1, 0.15) is 5.69 Å². The van der Waals surface area contributed by atoms with Crippen LogP contribution in [0.25, 0.3) is 33.1 Å². The fraction of sp³-hybridized carbons (Fsp3) is 0.125. The van der Waals surface area contributed by atoms with E-state index in [2.05, 4.69) is 15.2 Å². The third kappa shape index (κ3) is 2.93. The van der Waals surface area contributed by atoms with Crippen LogP contribution < -0.4 is 11.1 Å². The molecule has 0 saturated carbocycles. The Hall–Kier alpha value is -3.93. The first kappa shape index (κ1) is 18.1. The van der Waals surface area contributed by atoms with Gasteiger partial charge in [0.05, 0.1) is 11.0 Å². The minimum Gasteiger partial charge on any atom is -0.322 e. The average Bonchev–Trinajstić information content (AvgIpc) is 3.16. The van der Waals surface area contributed by atoms with Gasteiger partial charge in [0.2, 0.25) is 5.56 Å². The molecule has 3 aromatic heterocycles. The number of aromatic nitrogens is 4. The summed E-state index contributed by atoms with van der Waals surface area (Å²) in [6.07, 6.45) is 1.78. The van der Waals surface area contributed by atoms with E-state index in [1.807, 2.05) is 55.5 Å². The van der Waals surface area contributed by atoms with Crippen molar-refractivity contribution in [3.8, 4) is 11.3 Å². The maximum Gasteiger partial charge on any atom is 0.252 e. The quantitative estimate of drug-likeness (QED) is 0.485. The Morgan fingerprint density at radius 3 is 2.53 bits per heavy atom. The largest absolute Gasteiger partial charge is 0.322 e. The Kier molecular flexibility index (Phi) is 4.13. The minimum absolute atomic E-state index is 0.0254. The van der Waals surface area contributed by atoms with Gasteiger partial charge in [-0.15, -0.1) is 0 Å². The third-order valence-corrected chi connectivity index (χ3v) is 5.68. The predicted octanol–water partition coefficient (Wildman–Crippen LogP) is 3.92. The van der Waals surface area contributed by atoms with Gasteiger partial charge in [-0.2, -0.15) is 5.10 Å². The fourth-order valence-corrected chi connectivity index (χ4v) is 3.93. The molecule has 2 N–H and O–H groups in total. The Labute approximate surface area is 171 Å². The van der Waals surface area contributed by atoms with Crippen molar-refractivity contribution in [1.29, 1.82) is 0 Å². The first-order chi connectivity index (χ1) is 14.5. The van der Waals surface area contributed by atoms with Crippen LogP contribution in [0.1, 0.15) is 24.0 Å². The molecule has 0 aliphatic rings. The molecule has 0 fully saturated rings. The van der Waals surface area contributed by atoms with E-state index < -0.39 is 0 Å². The molecule has 0 aliphatic heterocycles. The number of benzene rings is 2. The monoisotopic (exact) mass is 396 g/mol. The lowest BCUT2D eigenvalue weighted by Crippen LogP contribution is -2.15. The second-order valence-corrected chi connectivity index (χ2v) is 7.61. The number of nitrogens with one attached hydrogen (secondary N) is 2. The van der Waals surface area contributed by atoms with Crippen LogP contribution in [-0.2, 0) is 7.05 Å². The summed E-state index contributed by atoms with van der Waals surface area (Å²) in [5.41, 5.74) is 4.87. The van der Waals surface area contributed by atoms with Crippen LogP contribution in [0.2, 0.25) is 0 Å². The summed E-state index contributed by atoms with van der Waals surface area (Å²) in [5.74, 6) is -0.0254. The van der Waals surface area contributed by atoms with Crippen LogP contribution in [0.4, 0.5) is 0 Å². The Bertz CT molecular complexity index is 1510. The lowest BCUT2D eigenvalue weighted by molar-refractivity contribution is 0.861. The number of fused-ring (bicyclic) bond motifs is 2. The van der Waals surface area contributed by atoms with Crippen LogP contribution in [0.15, 0.2) is 76.4 Å². The van der Waals surface area contributed by atoms with Crippen LogP contribution >= 0.6 is 0 Å². The Morgan fingerprint density at radius 2 is 1.77 bits per heavy atom. The van der Waals surface area contributed by atoms with Gasteiger partial charge in [0.15, 0.2) is 0 Å². The maximum atomic E-state index is 12.8. The zero-order valence-corrected chi connectivity index (χ0v) is 16.6. The molecule has 0 amide bonds. The highest BCUT2D eigenvalue weighted by atomic mass is 16.1. The zero-order valence-electron chi connectivity index (χ0n) is 16.6. The SMILES string of the molecule is CC(c1ccccc1)c1cc2cc3c(-c4ccc(=O)n(C)c4)n[nH]c3cc2[nH]c1=O. The van der Waals surface area contributed by atoms with Crippen molar-refractivity contribution >= 4 is 21.8 Å². The highest BCUT2D eigenvalue weighted by Crippen LogP contribution is 2.30. The summed E-state index contributed by atoms with van der Waals surface area (Å²) in [5, 5.41) is 9.36. The van der Waals surface area contributed by atoms with Crippen molar-refractivity contribution in [2.24, 2.45) is 7.05 Å². The molecule has 0 radical (unpaired) electrons. The minimum atomic E-state index is -0.0870. The normalized spacial score (nSPS) is 12.5. The summed E-state index contributed by atoms with van der Waals surface area (Å²) in [7, 11) is 1.72. The summed E-state index contributed by atoms with van der Waals surface area (Å²) >= 11 is 0. The highest BCUT2D eigenvalue weighted by molar-refractivity contribution is 6.01. The number of aryl methyl sites for hydroxylation is 1. The smallest absolute Gasteiger partial charge is 0.252 e. The maximum absolute atomic E-state index is 12.8. The van der Waals surface area contributed by atoms with Crippen molar-refractivity contribution in [3.63, 3.8) is 0 Å². The van der Waals surface area contributed by atoms with Crippen molar-refractivity contribution in [1.82, 2.24) is 19.7 Å². The van der Waals surface area contributed by atoms with E-state index in [1.165, 1.54) is 10.6 Å². The molecular formula is C24H20N4O2. The predicted molar refractivity (Wildman–Crippen MR) is 119 cm³/mol. The molecule has 0 spiro atoms. The molecule has 5 rings (SSSR count). The van der Waals surface area contributed by atoms with E-state index in [-0.39, 0.29) is 17.0 Å². The van der Waals surface area contributed by atoms with E-state index in [1.54, 1.807) is 19.3 Å². The van der Waals surface area contributed by atoms with Crippen LogP contribution in [0.5, 0.6) is 0 Å². The van der Waals surface area contributed by atoms with Gasteiger partial charge in [0, 0.05) is 41.7 Å². The van der Waals surface area contributed by atoms with E-state index in [4.69, 9.17) is 0 Å². The molecule has 0 bridgehead atoms. The van der Waals surface area contributed by atoms with Gasteiger partial charge >= 0.3 is 0 Å². The lowest BCUT2D eigenvalue weighted by atomic mass is 9.93. The fourth-order valence-electron chi connectivity index (χ4n) is 3.93. The van der Waals surface area contributed by atoms with Gasteiger partial charge in [-0.3, -0.25) is 14.7 Å². The number of nitrogens with zero attached hydrogens (tertiary/aromatic N) is 2. The van der Waals surface area contributed by atoms with Crippen LogP contribution in [0, 0.1) is 0 Å². The molecule has 148 valence electrons. The zero-order chi connectivity index (χ0) is 20.8.